The van der Waals surface area contributed by atoms with Crippen LogP contribution in [0.25, 0.3) is 0 Å². The molecule has 3 rings (SSSR count). The van der Waals surface area contributed by atoms with E-state index in [1.54, 1.807) is 6.08 Å². The molecule has 2 aliphatic rings. The topological polar surface area (TPSA) is 50.8 Å². The van der Waals surface area contributed by atoms with Crippen LogP contribution in [0.4, 0.5) is 0 Å². The van der Waals surface area contributed by atoms with Crippen LogP contribution < -0.4 is 14.8 Å². The molecule has 5 nitrogen and oxygen atoms in total. The van der Waals surface area contributed by atoms with Gasteiger partial charge in [-0.05, 0) is 44.6 Å². The van der Waals surface area contributed by atoms with Crippen LogP contribution in [0.3, 0.4) is 0 Å². The number of rotatable bonds is 6. The molecule has 0 atom stereocenters. The second kappa shape index (κ2) is 6.01. The van der Waals surface area contributed by atoms with Crippen molar-refractivity contribution < 1.29 is 14.3 Å². The number of amides is 1. The summed E-state index contributed by atoms with van der Waals surface area (Å²) in [5, 5.41) is 3.01. The molecule has 0 bridgehead atoms. The van der Waals surface area contributed by atoms with E-state index in [0.29, 0.717) is 13.3 Å². The van der Waals surface area contributed by atoms with Gasteiger partial charge in [-0.15, -0.1) is 0 Å². The Morgan fingerprint density at radius 3 is 2.82 bits per heavy atom. The zero-order chi connectivity index (χ0) is 15.6. The Kier molecular flexibility index (Phi) is 4.07. The van der Waals surface area contributed by atoms with Gasteiger partial charge in [0.1, 0.15) is 0 Å². The van der Waals surface area contributed by atoms with E-state index in [2.05, 4.69) is 11.4 Å². The summed E-state index contributed by atoms with van der Waals surface area (Å²) in [4.78, 5) is 13.9. The lowest BCUT2D eigenvalue weighted by atomic mass is 9.95. The van der Waals surface area contributed by atoms with Crippen LogP contribution in [0.15, 0.2) is 30.4 Å². The van der Waals surface area contributed by atoms with E-state index in [4.69, 9.17) is 9.47 Å². The maximum atomic E-state index is 11.9. The number of fused-ring (bicyclic) bond motifs is 1. The zero-order valence-corrected chi connectivity index (χ0v) is 13.1. The van der Waals surface area contributed by atoms with Crippen LogP contribution >= 0.6 is 0 Å². The summed E-state index contributed by atoms with van der Waals surface area (Å²) in [6.45, 7) is 1.72. The third-order valence-electron chi connectivity index (χ3n) is 4.18. The predicted molar refractivity (Wildman–Crippen MR) is 84.2 cm³/mol. The van der Waals surface area contributed by atoms with Crippen molar-refractivity contribution >= 4 is 5.91 Å². The number of carbonyl (C=O) groups is 1. The van der Waals surface area contributed by atoms with Gasteiger partial charge in [0.15, 0.2) is 11.5 Å². The van der Waals surface area contributed by atoms with Gasteiger partial charge in [0, 0.05) is 24.6 Å². The number of hydrogen-bond donors (Lipinski definition) is 1. The van der Waals surface area contributed by atoms with Crippen molar-refractivity contribution in [2.24, 2.45) is 0 Å². The van der Waals surface area contributed by atoms with Crippen molar-refractivity contribution in [2.75, 3.05) is 34.0 Å². The molecular weight excluding hydrogens is 280 g/mol. The Balaban J connectivity index is 1.58. The lowest BCUT2D eigenvalue weighted by molar-refractivity contribution is -0.116. The molecule has 0 unspecified atom stereocenters. The van der Waals surface area contributed by atoms with Crippen LogP contribution in [0.2, 0.25) is 0 Å². The van der Waals surface area contributed by atoms with Gasteiger partial charge in [0.25, 0.3) is 0 Å². The monoisotopic (exact) mass is 302 g/mol. The average Bonchev–Trinajstić information content (AvgIpc) is 3.14. The Hall–Kier alpha value is -2.01. The number of nitrogens with one attached hydrogen (secondary N) is 1. The first kappa shape index (κ1) is 14.9. The molecule has 0 saturated heterocycles. The van der Waals surface area contributed by atoms with Gasteiger partial charge in [-0.1, -0.05) is 12.1 Å². The normalized spacial score (nSPS) is 18.0. The fourth-order valence-electron chi connectivity index (χ4n) is 2.63. The summed E-state index contributed by atoms with van der Waals surface area (Å²) in [7, 11) is 3.95. The largest absolute Gasteiger partial charge is 0.454 e. The number of nitrogens with zero attached hydrogens (tertiary/aromatic N) is 1. The molecule has 5 heteroatoms. The van der Waals surface area contributed by atoms with Gasteiger partial charge in [-0.25, -0.2) is 0 Å². The van der Waals surface area contributed by atoms with Crippen LogP contribution in [0, 0.1) is 0 Å². The van der Waals surface area contributed by atoms with E-state index in [-0.39, 0.29) is 11.3 Å². The molecule has 1 N–H and O–H groups in total. The molecule has 1 saturated carbocycles. The second-order valence-corrected chi connectivity index (χ2v) is 6.23. The molecule has 1 aliphatic heterocycles. The Morgan fingerprint density at radius 1 is 1.32 bits per heavy atom. The van der Waals surface area contributed by atoms with E-state index < -0.39 is 0 Å². The summed E-state index contributed by atoms with van der Waals surface area (Å²) < 4.78 is 10.8. The first-order valence-corrected chi connectivity index (χ1v) is 7.58. The molecule has 1 aromatic carbocycles. The Bertz CT molecular complexity index is 592. The van der Waals surface area contributed by atoms with Crippen molar-refractivity contribution in [3.63, 3.8) is 0 Å². The fourth-order valence-corrected chi connectivity index (χ4v) is 2.63. The number of carbonyl (C=O) groups excluding carboxylic acids is 1. The van der Waals surface area contributed by atoms with Crippen molar-refractivity contribution in [2.45, 2.75) is 18.3 Å². The molecule has 1 amide bonds. The van der Waals surface area contributed by atoms with Crippen molar-refractivity contribution in [1.29, 1.82) is 0 Å². The summed E-state index contributed by atoms with van der Waals surface area (Å²) in [5.41, 5.74) is 1.28. The van der Waals surface area contributed by atoms with Gasteiger partial charge in [0.2, 0.25) is 12.7 Å². The summed E-state index contributed by atoms with van der Waals surface area (Å²) in [6.07, 6.45) is 5.66. The minimum absolute atomic E-state index is 0.0335. The minimum Gasteiger partial charge on any atom is -0.454 e. The Labute approximate surface area is 130 Å². The standard InChI is InChI=1S/C17H22N2O3/c1-19(2)9-3-4-16(20)18-11-17(7-8-17)13-5-6-14-15(10-13)22-12-21-14/h3-6,10H,7-9,11-12H2,1-2H3,(H,18,20)/b4-3+. The van der Waals surface area contributed by atoms with Crippen LogP contribution in [-0.2, 0) is 10.2 Å². The number of benzene rings is 1. The van der Waals surface area contributed by atoms with Crippen molar-refractivity contribution in [3.05, 3.63) is 35.9 Å². The molecule has 118 valence electrons. The van der Waals surface area contributed by atoms with E-state index in [0.717, 1.165) is 30.9 Å². The minimum atomic E-state index is -0.0335. The summed E-state index contributed by atoms with van der Waals surface area (Å²) in [5.74, 6) is 1.57. The quantitative estimate of drug-likeness (QED) is 0.812. The lowest BCUT2D eigenvalue weighted by Crippen LogP contribution is -2.31. The number of ether oxygens (including phenoxy) is 2. The molecule has 0 aromatic heterocycles. The van der Waals surface area contributed by atoms with Crippen molar-refractivity contribution in [3.8, 4) is 11.5 Å². The molecule has 0 spiro atoms. The van der Waals surface area contributed by atoms with E-state index in [9.17, 15) is 4.79 Å². The molecule has 0 radical (unpaired) electrons. The SMILES string of the molecule is CN(C)C/C=C/C(=O)NCC1(c2ccc3c(c2)OCO3)CC1. The van der Waals surface area contributed by atoms with E-state index in [1.807, 2.05) is 37.2 Å². The third kappa shape index (κ3) is 3.25. The molecule has 1 fully saturated rings. The van der Waals surface area contributed by atoms with Gasteiger partial charge >= 0.3 is 0 Å². The highest BCUT2D eigenvalue weighted by Gasteiger charge is 2.44. The maximum absolute atomic E-state index is 11.9. The molecule has 22 heavy (non-hydrogen) atoms. The van der Waals surface area contributed by atoms with E-state index >= 15 is 0 Å². The summed E-state index contributed by atoms with van der Waals surface area (Å²) in [6, 6.07) is 6.08. The smallest absolute Gasteiger partial charge is 0.243 e. The third-order valence-corrected chi connectivity index (χ3v) is 4.18. The van der Waals surface area contributed by atoms with Crippen LogP contribution in [-0.4, -0.2) is 44.8 Å². The molecular formula is C17H22N2O3. The molecule has 1 aliphatic carbocycles. The first-order valence-electron chi connectivity index (χ1n) is 7.58. The first-order chi connectivity index (χ1) is 10.6. The highest BCUT2D eigenvalue weighted by atomic mass is 16.7. The predicted octanol–water partition coefficient (Wildman–Crippen LogP) is 1.68. The van der Waals surface area contributed by atoms with Crippen LogP contribution in [0.1, 0.15) is 18.4 Å². The van der Waals surface area contributed by atoms with Gasteiger partial charge < -0.3 is 19.7 Å². The second-order valence-electron chi connectivity index (χ2n) is 6.23. The molecule has 1 heterocycles. The summed E-state index contributed by atoms with van der Waals surface area (Å²) >= 11 is 0. The Morgan fingerprint density at radius 2 is 2.09 bits per heavy atom. The lowest BCUT2D eigenvalue weighted by Gasteiger charge is -2.16. The number of hydrogen-bond acceptors (Lipinski definition) is 4. The van der Waals surface area contributed by atoms with Gasteiger partial charge in [0.05, 0.1) is 0 Å². The van der Waals surface area contributed by atoms with Crippen molar-refractivity contribution in [1.82, 2.24) is 10.2 Å². The zero-order valence-electron chi connectivity index (χ0n) is 13.1. The van der Waals surface area contributed by atoms with Gasteiger partial charge in [-0.2, -0.15) is 0 Å². The highest BCUT2D eigenvalue weighted by Crippen LogP contribution is 2.49. The maximum Gasteiger partial charge on any atom is 0.243 e. The fraction of sp³-hybridized carbons (Fsp3) is 0.471. The van der Waals surface area contributed by atoms with Gasteiger partial charge in [-0.3, -0.25) is 4.79 Å². The number of likely N-dealkylation sites (N-methyl/N-ethyl adjacent to an activating group) is 1. The highest BCUT2D eigenvalue weighted by molar-refractivity contribution is 5.87. The molecule has 1 aromatic rings. The average molecular weight is 302 g/mol. The van der Waals surface area contributed by atoms with E-state index in [1.165, 1.54) is 5.56 Å². The van der Waals surface area contributed by atoms with Crippen LogP contribution in [0.5, 0.6) is 11.5 Å².